The molecule has 0 bridgehead atoms. The van der Waals surface area contributed by atoms with E-state index >= 15 is 0 Å². The highest BCUT2D eigenvalue weighted by Crippen LogP contribution is 2.27. The maximum atomic E-state index is 13.0. The molecule has 3 rings (SSSR count). The number of fused-ring (bicyclic) bond motifs is 1. The van der Waals surface area contributed by atoms with Gasteiger partial charge in [0.05, 0.1) is 4.90 Å². The minimum atomic E-state index is -3.63. The van der Waals surface area contributed by atoms with Crippen LogP contribution in [0.5, 0.6) is 0 Å². The van der Waals surface area contributed by atoms with Crippen molar-refractivity contribution in [2.45, 2.75) is 31.2 Å². The van der Waals surface area contributed by atoms with Gasteiger partial charge in [-0.3, -0.25) is 4.79 Å². The second kappa shape index (κ2) is 7.15. The number of halogens is 1. The van der Waals surface area contributed by atoms with E-state index in [2.05, 4.69) is 5.32 Å². The summed E-state index contributed by atoms with van der Waals surface area (Å²) in [6.07, 6.45) is 0.918. The molecule has 5 nitrogen and oxygen atoms in total. The molecule has 0 radical (unpaired) electrons. The summed E-state index contributed by atoms with van der Waals surface area (Å²) in [6, 6.07) is 12.0. The first-order chi connectivity index (χ1) is 11.9. The normalized spacial score (nSPS) is 14.3. The van der Waals surface area contributed by atoms with Crippen molar-refractivity contribution in [3.63, 3.8) is 0 Å². The molecule has 7 heteroatoms. The highest BCUT2D eigenvalue weighted by molar-refractivity contribution is 7.89. The molecule has 1 N–H and O–H groups in total. The molecule has 0 aromatic heterocycles. The Hall–Kier alpha value is -1.89. The van der Waals surface area contributed by atoms with Gasteiger partial charge >= 0.3 is 0 Å². The van der Waals surface area contributed by atoms with Gasteiger partial charge in [0.2, 0.25) is 15.9 Å². The smallest absolute Gasteiger partial charge is 0.243 e. The molecule has 0 fully saturated rings. The van der Waals surface area contributed by atoms with Crippen molar-refractivity contribution in [1.82, 2.24) is 4.31 Å². The fraction of sp³-hybridized carbons (Fsp3) is 0.278. The van der Waals surface area contributed by atoms with Gasteiger partial charge in [0.15, 0.2) is 0 Å². The molecule has 1 heterocycles. The molecule has 1 aliphatic heterocycles. The molecule has 0 saturated heterocycles. The van der Waals surface area contributed by atoms with Crippen LogP contribution in [0.3, 0.4) is 0 Å². The van der Waals surface area contributed by atoms with Crippen molar-refractivity contribution in [2.24, 2.45) is 0 Å². The van der Waals surface area contributed by atoms with Crippen LogP contribution in [0.1, 0.15) is 24.5 Å². The SMILES string of the molecule is CCN(Cc1cccc(Cl)c1)S(=O)(=O)c1ccc2c(c1)CCC(=O)N2. The van der Waals surface area contributed by atoms with Gasteiger partial charge < -0.3 is 5.32 Å². The summed E-state index contributed by atoms with van der Waals surface area (Å²) in [6.45, 7) is 2.41. The monoisotopic (exact) mass is 378 g/mol. The van der Waals surface area contributed by atoms with Gasteiger partial charge in [-0.2, -0.15) is 4.31 Å². The first-order valence-corrected chi connectivity index (χ1v) is 9.89. The van der Waals surface area contributed by atoms with Crippen LogP contribution in [0.25, 0.3) is 0 Å². The first kappa shape index (κ1) is 17.9. The molecule has 2 aromatic rings. The van der Waals surface area contributed by atoms with E-state index in [0.717, 1.165) is 11.1 Å². The summed E-state index contributed by atoms with van der Waals surface area (Å²) in [7, 11) is -3.63. The van der Waals surface area contributed by atoms with Crippen LogP contribution in [0.4, 0.5) is 5.69 Å². The maximum Gasteiger partial charge on any atom is 0.243 e. The quantitative estimate of drug-likeness (QED) is 0.866. The lowest BCUT2D eigenvalue weighted by Crippen LogP contribution is -2.30. The number of rotatable bonds is 5. The van der Waals surface area contributed by atoms with Gasteiger partial charge in [0.25, 0.3) is 0 Å². The largest absolute Gasteiger partial charge is 0.326 e. The van der Waals surface area contributed by atoms with Gasteiger partial charge in [0, 0.05) is 30.2 Å². The number of aryl methyl sites for hydroxylation is 1. The van der Waals surface area contributed by atoms with Crippen LogP contribution in [-0.4, -0.2) is 25.2 Å². The van der Waals surface area contributed by atoms with E-state index in [1.165, 1.54) is 4.31 Å². The second-order valence-corrected chi connectivity index (χ2v) is 8.30. The van der Waals surface area contributed by atoms with Crippen LogP contribution >= 0.6 is 11.6 Å². The van der Waals surface area contributed by atoms with Gasteiger partial charge in [-0.05, 0) is 47.9 Å². The van der Waals surface area contributed by atoms with Crippen molar-refractivity contribution < 1.29 is 13.2 Å². The summed E-state index contributed by atoms with van der Waals surface area (Å²) < 4.78 is 27.4. The lowest BCUT2D eigenvalue weighted by molar-refractivity contribution is -0.116. The zero-order valence-corrected chi connectivity index (χ0v) is 15.4. The van der Waals surface area contributed by atoms with Crippen LogP contribution in [-0.2, 0) is 27.8 Å². The third kappa shape index (κ3) is 3.86. The average Bonchev–Trinajstić information content (AvgIpc) is 2.59. The Bertz CT molecular complexity index is 912. The van der Waals surface area contributed by atoms with Crippen LogP contribution in [0.15, 0.2) is 47.4 Å². The second-order valence-electron chi connectivity index (χ2n) is 5.93. The zero-order valence-electron chi connectivity index (χ0n) is 13.8. The topological polar surface area (TPSA) is 66.5 Å². The fourth-order valence-corrected chi connectivity index (χ4v) is 4.58. The predicted octanol–water partition coefficient (Wildman–Crippen LogP) is 3.44. The van der Waals surface area contributed by atoms with Crippen LogP contribution < -0.4 is 5.32 Å². The first-order valence-electron chi connectivity index (χ1n) is 8.07. The van der Waals surface area contributed by atoms with Gasteiger partial charge in [-0.25, -0.2) is 8.42 Å². The summed E-state index contributed by atoms with van der Waals surface area (Å²) in [5.41, 5.74) is 2.37. The number of amides is 1. The Kier molecular flexibility index (Phi) is 5.13. The van der Waals surface area contributed by atoms with E-state index in [9.17, 15) is 13.2 Å². The molecule has 0 atom stereocenters. The van der Waals surface area contributed by atoms with E-state index < -0.39 is 10.0 Å². The van der Waals surface area contributed by atoms with E-state index in [1.807, 2.05) is 6.07 Å². The number of hydrogen-bond acceptors (Lipinski definition) is 3. The number of nitrogens with one attached hydrogen (secondary N) is 1. The highest BCUT2D eigenvalue weighted by atomic mass is 35.5. The lowest BCUT2D eigenvalue weighted by atomic mass is 10.0. The summed E-state index contributed by atoms with van der Waals surface area (Å²) in [5, 5.41) is 3.34. The Morgan fingerprint density at radius 3 is 2.68 bits per heavy atom. The number of anilines is 1. The Morgan fingerprint density at radius 2 is 1.96 bits per heavy atom. The summed E-state index contributed by atoms with van der Waals surface area (Å²) in [5.74, 6) is -0.0424. The van der Waals surface area contributed by atoms with Gasteiger partial charge in [-0.1, -0.05) is 30.7 Å². The predicted molar refractivity (Wildman–Crippen MR) is 98.1 cm³/mol. The standard InChI is InChI=1S/C18H19ClN2O3S/c1-2-21(12-13-4-3-5-15(19)10-13)25(23,24)16-7-8-17-14(11-16)6-9-18(22)20-17/h3-5,7-8,10-11H,2,6,9,12H2,1H3,(H,20,22). The average molecular weight is 379 g/mol. The molecular weight excluding hydrogens is 360 g/mol. The minimum Gasteiger partial charge on any atom is -0.326 e. The number of nitrogens with zero attached hydrogens (tertiary/aromatic N) is 1. The molecule has 1 amide bonds. The molecule has 1 aliphatic rings. The van der Waals surface area contributed by atoms with Gasteiger partial charge in [0.1, 0.15) is 0 Å². The van der Waals surface area contributed by atoms with Crippen LogP contribution in [0.2, 0.25) is 5.02 Å². The number of sulfonamides is 1. The van der Waals surface area contributed by atoms with Crippen molar-refractivity contribution in [3.8, 4) is 0 Å². The maximum absolute atomic E-state index is 13.0. The van der Waals surface area contributed by atoms with E-state index in [0.29, 0.717) is 30.1 Å². The molecule has 0 aliphatic carbocycles. The highest BCUT2D eigenvalue weighted by Gasteiger charge is 2.25. The molecule has 0 unspecified atom stereocenters. The van der Waals surface area contributed by atoms with Crippen molar-refractivity contribution >= 4 is 33.2 Å². The fourth-order valence-electron chi connectivity index (χ4n) is 2.87. The Morgan fingerprint density at radius 1 is 1.16 bits per heavy atom. The third-order valence-electron chi connectivity index (χ3n) is 4.21. The number of carbonyl (C=O) groups excluding carboxylic acids is 1. The van der Waals surface area contributed by atoms with E-state index in [4.69, 9.17) is 11.6 Å². The molecular formula is C18H19ClN2O3S. The van der Waals surface area contributed by atoms with E-state index in [1.54, 1.807) is 43.3 Å². The number of carbonyl (C=O) groups is 1. The third-order valence-corrected chi connectivity index (χ3v) is 6.36. The van der Waals surface area contributed by atoms with E-state index in [-0.39, 0.29) is 17.3 Å². The van der Waals surface area contributed by atoms with Crippen LogP contribution in [0, 0.1) is 0 Å². The minimum absolute atomic E-state index is 0.0424. The molecule has 2 aromatic carbocycles. The number of benzene rings is 2. The Labute approximate surface area is 152 Å². The van der Waals surface area contributed by atoms with Crippen molar-refractivity contribution in [1.29, 1.82) is 0 Å². The number of hydrogen-bond donors (Lipinski definition) is 1. The van der Waals surface area contributed by atoms with Gasteiger partial charge in [-0.15, -0.1) is 0 Å². The summed E-state index contributed by atoms with van der Waals surface area (Å²) in [4.78, 5) is 11.7. The van der Waals surface area contributed by atoms with Crippen molar-refractivity contribution in [2.75, 3.05) is 11.9 Å². The molecule has 132 valence electrons. The lowest BCUT2D eigenvalue weighted by Gasteiger charge is -2.23. The van der Waals surface area contributed by atoms with Crippen molar-refractivity contribution in [3.05, 3.63) is 58.6 Å². The molecule has 0 spiro atoms. The zero-order chi connectivity index (χ0) is 18.0. The summed E-state index contributed by atoms with van der Waals surface area (Å²) >= 11 is 5.99. The molecule has 0 saturated carbocycles. The molecule has 25 heavy (non-hydrogen) atoms. The Balaban J connectivity index is 1.90.